The van der Waals surface area contributed by atoms with Gasteiger partial charge in [0.05, 0.1) is 0 Å². The van der Waals surface area contributed by atoms with Crippen LogP contribution >= 0.6 is 0 Å². The van der Waals surface area contributed by atoms with Gasteiger partial charge in [0.15, 0.2) is 0 Å². The Bertz CT molecular complexity index is 148. The molecule has 17 heavy (non-hydrogen) atoms. The number of primary amides is 3. The van der Waals surface area contributed by atoms with Gasteiger partial charge in [-0.15, -0.1) is 0 Å². The summed E-state index contributed by atoms with van der Waals surface area (Å²) in [5, 5.41) is 26.0. The third kappa shape index (κ3) is 102000. The summed E-state index contributed by atoms with van der Waals surface area (Å²) in [7, 11) is 0. The molecule has 0 heterocycles. The predicted octanol–water partition coefficient (Wildman–Crippen LogP) is -3.33. The fraction of sp³-hybridized carbons (Fsp3) is 0.571. The van der Waals surface area contributed by atoms with Gasteiger partial charge in [-0.05, 0) is 0 Å². The Morgan fingerprint density at radius 3 is 0.824 bits per heavy atom. The third-order valence-corrected chi connectivity index (χ3v) is 0.500. The molecule has 0 aromatic heterocycles. The van der Waals surface area contributed by atoms with Gasteiger partial charge in [0.2, 0.25) is 0 Å². The molecular weight excluding hydrogens is 366 g/mol. The van der Waals surface area contributed by atoms with Crippen LogP contribution < -0.4 is 32.5 Å². The van der Waals surface area contributed by atoms with Gasteiger partial charge in [0.1, 0.15) is 18.3 Å². The molecule has 0 bridgehead atoms. The largest absolute Gasteiger partial charge is 3.00 e. The fourth-order valence-corrected chi connectivity index (χ4v) is 0. The van der Waals surface area contributed by atoms with Crippen molar-refractivity contribution < 1.29 is 70.5 Å². The molecule has 0 saturated heterocycles. The van der Waals surface area contributed by atoms with Crippen LogP contribution in [0, 0.1) is 40.8 Å². The van der Waals surface area contributed by atoms with Gasteiger partial charge in [-0.3, -0.25) is 0 Å². The molecule has 0 rings (SSSR count). The van der Waals surface area contributed by atoms with E-state index in [2.05, 4.69) is 31.0 Å². The second-order valence-corrected chi connectivity index (χ2v) is 1.96. The van der Waals surface area contributed by atoms with Crippen LogP contribution in [0.3, 0.4) is 0 Å². The zero-order valence-corrected chi connectivity index (χ0v) is 12.8. The van der Waals surface area contributed by atoms with Crippen LogP contribution in [0.5, 0.6) is 0 Å². The van der Waals surface area contributed by atoms with Crippen molar-refractivity contribution >= 4 is 18.3 Å². The number of amides is 3. The summed E-state index contributed by atoms with van der Waals surface area (Å²) in [6, 6.07) is 0. The average molecular weight is 382 g/mol. The minimum atomic E-state index is -1.58. The van der Waals surface area contributed by atoms with Crippen LogP contribution in [0.1, 0.15) is 26.7 Å². The van der Waals surface area contributed by atoms with Crippen molar-refractivity contribution in [1.29, 1.82) is 0 Å². The van der Waals surface area contributed by atoms with Gasteiger partial charge in [-0.25, -0.2) is 0 Å². The second-order valence-electron chi connectivity index (χ2n) is 1.96. The van der Waals surface area contributed by atoms with E-state index in [1.165, 1.54) is 12.8 Å². The monoisotopic (exact) mass is 380 g/mol. The topological polar surface area (TPSA) is 198 Å². The Hall–Kier alpha value is -0.839. The Morgan fingerprint density at radius 2 is 0.824 bits per heavy atom. The number of rotatable bonds is 1. The van der Waals surface area contributed by atoms with Crippen LogP contribution in [0.2, 0.25) is 0 Å². The molecule has 6 N–H and O–H groups in total. The van der Waals surface area contributed by atoms with Crippen molar-refractivity contribution in [2.45, 2.75) is 26.7 Å². The predicted molar refractivity (Wildman–Crippen MR) is 49.3 cm³/mol. The Morgan fingerprint density at radius 1 is 0.765 bits per heavy atom. The summed E-state index contributed by atoms with van der Waals surface area (Å²) in [5.74, 6) is 0. The van der Waals surface area contributed by atoms with E-state index in [1.54, 1.807) is 0 Å². The van der Waals surface area contributed by atoms with Crippen molar-refractivity contribution in [1.82, 2.24) is 0 Å². The summed E-state index contributed by atoms with van der Waals surface area (Å²) < 4.78 is 0. The van der Waals surface area contributed by atoms with Crippen LogP contribution in [0.15, 0.2) is 0 Å². The Labute approximate surface area is 132 Å². The van der Waals surface area contributed by atoms with Gasteiger partial charge in [0.25, 0.3) is 0 Å². The molecule has 0 unspecified atom stereocenters. The number of unbranched alkanes of at least 4 members (excludes halogenated alkanes) is 1. The van der Waals surface area contributed by atoms with E-state index in [0.717, 1.165) is 0 Å². The van der Waals surface area contributed by atoms with Crippen LogP contribution in [0.4, 0.5) is 14.4 Å². The van der Waals surface area contributed by atoms with Gasteiger partial charge in [-0.2, -0.15) is 0 Å². The molecule has 0 aliphatic rings. The average Bonchev–Trinajstić information content (AvgIpc) is 2.00. The maximum Gasteiger partial charge on any atom is 3.00 e. The van der Waals surface area contributed by atoms with E-state index in [-0.39, 0.29) is 40.8 Å². The van der Waals surface area contributed by atoms with E-state index in [1.807, 2.05) is 0 Å². The van der Waals surface area contributed by atoms with Gasteiger partial charge < -0.3 is 46.9 Å². The Kier molecular flexibility index (Phi) is 51.7. The van der Waals surface area contributed by atoms with E-state index >= 15 is 0 Å². The molecular formula is C7H16N3NdO6. The summed E-state index contributed by atoms with van der Waals surface area (Å²) in [6.07, 6.45) is -2.11. The standard InChI is InChI=1S/C4H10.3CH3NO2.Nd/c1-3-4-2;3*2-1(3)4;/h3-4H2,1-2H3;3*2H2,(H,3,4);/q;;;;+3/p-3. The number of carbonyl (C=O) groups is 3. The minimum Gasteiger partial charge on any atom is -0.530 e. The number of carboxylic acid groups (broad SMARTS) is 3. The zero-order valence-electron chi connectivity index (χ0n) is 9.60. The normalized spacial score (nSPS) is 6.00. The second kappa shape index (κ2) is 29.4. The van der Waals surface area contributed by atoms with E-state index in [9.17, 15) is 0 Å². The van der Waals surface area contributed by atoms with Gasteiger partial charge in [0, 0.05) is 0 Å². The number of carbonyl (C=O) groups excluding carboxylic acids is 3. The van der Waals surface area contributed by atoms with Gasteiger partial charge in [-0.1, -0.05) is 26.7 Å². The number of nitrogens with two attached hydrogens (primary N) is 3. The van der Waals surface area contributed by atoms with Crippen LogP contribution in [0.25, 0.3) is 0 Å². The van der Waals surface area contributed by atoms with E-state index in [4.69, 9.17) is 29.7 Å². The molecule has 0 fully saturated rings. The molecule has 10 heteroatoms. The first-order valence-electron chi connectivity index (χ1n) is 4.00. The first-order chi connectivity index (χ1) is 7.11. The molecule has 0 aliphatic carbocycles. The zero-order chi connectivity index (χ0) is 14.1. The number of hydrogen-bond acceptors (Lipinski definition) is 6. The maximum atomic E-state index is 8.67. The van der Waals surface area contributed by atoms with Gasteiger partial charge >= 0.3 is 40.8 Å². The SMILES string of the molecule is CCCC.NC(=O)[O-].NC(=O)[O-].NC(=O)[O-].[Nd+3]. The molecule has 1 radical (unpaired) electrons. The van der Waals surface area contributed by atoms with Crippen LogP contribution in [-0.2, 0) is 0 Å². The summed E-state index contributed by atoms with van der Waals surface area (Å²) in [4.78, 5) is 26.0. The van der Waals surface area contributed by atoms with E-state index in [0.29, 0.717) is 0 Å². The summed E-state index contributed by atoms with van der Waals surface area (Å²) in [6.45, 7) is 4.36. The molecule has 0 aromatic carbocycles. The Balaban J connectivity index is -0.0000000369. The van der Waals surface area contributed by atoms with Crippen molar-refractivity contribution in [3.8, 4) is 0 Å². The molecule has 0 saturated carbocycles. The molecule has 0 aliphatic heterocycles. The smallest absolute Gasteiger partial charge is 0.530 e. The minimum absolute atomic E-state index is 0. The molecule has 0 aromatic rings. The molecule has 99 valence electrons. The molecule has 0 atom stereocenters. The van der Waals surface area contributed by atoms with Crippen LogP contribution in [-0.4, -0.2) is 18.3 Å². The fourth-order valence-electron chi connectivity index (χ4n) is 0. The van der Waals surface area contributed by atoms with Crippen molar-refractivity contribution in [2.24, 2.45) is 17.2 Å². The molecule has 9 nitrogen and oxygen atoms in total. The number of hydrogen-bond donors (Lipinski definition) is 3. The summed E-state index contributed by atoms with van der Waals surface area (Å²) >= 11 is 0. The first kappa shape index (κ1) is 29.8. The van der Waals surface area contributed by atoms with Crippen molar-refractivity contribution in [2.75, 3.05) is 0 Å². The third-order valence-electron chi connectivity index (χ3n) is 0.500. The molecule has 0 spiro atoms. The summed E-state index contributed by atoms with van der Waals surface area (Å²) in [5.41, 5.74) is 11.8. The maximum absolute atomic E-state index is 8.67. The molecule has 3 amide bonds. The quantitative estimate of drug-likeness (QED) is 0.423. The van der Waals surface area contributed by atoms with Crippen molar-refractivity contribution in [3.63, 3.8) is 0 Å². The first-order valence-corrected chi connectivity index (χ1v) is 4.00. The van der Waals surface area contributed by atoms with E-state index < -0.39 is 18.3 Å². The van der Waals surface area contributed by atoms with Crippen molar-refractivity contribution in [3.05, 3.63) is 0 Å².